The predicted molar refractivity (Wildman–Crippen MR) is 73.3 cm³/mol. The maximum Gasteiger partial charge on any atom is 0.254 e. The van der Waals surface area contributed by atoms with Crippen LogP contribution in [0.3, 0.4) is 0 Å². The first kappa shape index (κ1) is 12.9. The summed E-state index contributed by atoms with van der Waals surface area (Å²) in [5.74, 6) is 5.54. The number of likely N-dealkylation sites (tertiary alicyclic amines) is 1. The van der Waals surface area contributed by atoms with E-state index in [0.29, 0.717) is 6.04 Å². The Bertz CT molecular complexity index is 445. The van der Waals surface area contributed by atoms with Crippen LogP contribution in [0.25, 0.3) is 0 Å². The van der Waals surface area contributed by atoms with Crippen molar-refractivity contribution in [3.8, 4) is 0 Å². The molecule has 1 saturated heterocycles. The highest BCUT2D eigenvalue weighted by Crippen LogP contribution is 2.23. The van der Waals surface area contributed by atoms with Crippen LogP contribution in [0.4, 0.5) is 5.69 Å². The van der Waals surface area contributed by atoms with E-state index in [1.54, 1.807) is 0 Å². The number of hydrogen-bond donors (Lipinski definition) is 2. The van der Waals surface area contributed by atoms with Gasteiger partial charge < -0.3 is 10.3 Å². The van der Waals surface area contributed by atoms with Crippen molar-refractivity contribution in [2.75, 3.05) is 12.0 Å². The summed E-state index contributed by atoms with van der Waals surface area (Å²) in [5, 5.41) is 0. The number of hydrogen-bond acceptors (Lipinski definition) is 3. The highest BCUT2D eigenvalue weighted by molar-refractivity contribution is 5.95. The van der Waals surface area contributed by atoms with E-state index < -0.39 is 0 Å². The molecule has 0 bridgehead atoms. The number of benzene rings is 1. The Kier molecular flexibility index (Phi) is 3.87. The quantitative estimate of drug-likeness (QED) is 0.636. The van der Waals surface area contributed by atoms with Gasteiger partial charge >= 0.3 is 0 Å². The zero-order valence-electron chi connectivity index (χ0n) is 11.1. The number of anilines is 1. The van der Waals surface area contributed by atoms with Crippen LogP contribution in [-0.2, 0) is 0 Å². The summed E-state index contributed by atoms with van der Waals surface area (Å²) in [6, 6.07) is 6.02. The molecule has 98 valence electrons. The summed E-state index contributed by atoms with van der Waals surface area (Å²) in [4.78, 5) is 14.4. The van der Waals surface area contributed by atoms with Crippen molar-refractivity contribution >= 4 is 11.6 Å². The molecule has 4 heteroatoms. The Morgan fingerprint density at radius 1 is 1.56 bits per heavy atom. The molecule has 1 fully saturated rings. The number of nitrogens with zero attached hydrogens (tertiary/aromatic N) is 1. The lowest BCUT2D eigenvalue weighted by Gasteiger charge is -2.24. The SMILES string of the molecule is CCC1CCCN1C(=O)c1ccc(NN)c(C)c1. The van der Waals surface area contributed by atoms with Crippen molar-refractivity contribution in [1.82, 2.24) is 4.90 Å². The number of nitrogen functional groups attached to an aromatic ring is 1. The van der Waals surface area contributed by atoms with E-state index in [0.717, 1.165) is 42.6 Å². The number of hydrazine groups is 1. The van der Waals surface area contributed by atoms with Gasteiger partial charge in [0.15, 0.2) is 0 Å². The highest BCUT2D eigenvalue weighted by Gasteiger charge is 2.27. The molecule has 4 nitrogen and oxygen atoms in total. The molecule has 1 amide bonds. The topological polar surface area (TPSA) is 58.4 Å². The molecule has 0 aromatic heterocycles. The molecule has 1 unspecified atom stereocenters. The number of carbonyl (C=O) groups excluding carboxylic acids is 1. The molecular weight excluding hydrogens is 226 g/mol. The molecule has 0 aliphatic carbocycles. The lowest BCUT2D eigenvalue weighted by atomic mass is 10.1. The lowest BCUT2D eigenvalue weighted by Crippen LogP contribution is -2.35. The summed E-state index contributed by atoms with van der Waals surface area (Å²) >= 11 is 0. The standard InChI is InChI=1S/C14H21N3O/c1-3-12-5-4-8-17(12)14(18)11-6-7-13(16-15)10(2)9-11/h6-7,9,12,16H,3-5,8,15H2,1-2H3. The van der Waals surface area contributed by atoms with Crippen LogP contribution in [0.5, 0.6) is 0 Å². The molecule has 1 aliphatic rings. The first-order valence-electron chi connectivity index (χ1n) is 6.55. The van der Waals surface area contributed by atoms with Gasteiger partial charge in [0.2, 0.25) is 0 Å². The smallest absolute Gasteiger partial charge is 0.254 e. The largest absolute Gasteiger partial charge is 0.336 e. The third kappa shape index (κ3) is 2.34. The Morgan fingerprint density at radius 3 is 2.94 bits per heavy atom. The van der Waals surface area contributed by atoms with E-state index in [4.69, 9.17) is 5.84 Å². The van der Waals surface area contributed by atoms with E-state index in [2.05, 4.69) is 12.3 Å². The van der Waals surface area contributed by atoms with Crippen molar-refractivity contribution < 1.29 is 4.79 Å². The molecular formula is C14H21N3O. The summed E-state index contributed by atoms with van der Waals surface area (Å²) in [6.45, 7) is 4.98. The third-order valence-corrected chi connectivity index (χ3v) is 3.74. The van der Waals surface area contributed by atoms with E-state index in [-0.39, 0.29) is 5.91 Å². The number of rotatable bonds is 3. The second kappa shape index (κ2) is 5.40. The molecule has 0 saturated carbocycles. The predicted octanol–water partition coefficient (Wildman–Crippen LogP) is 2.30. The average molecular weight is 247 g/mol. The van der Waals surface area contributed by atoms with Crippen molar-refractivity contribution in [3.63, 3.8) is 0 Å². The summed E-state index contributed by atoms with van der Waals surface area (Å²) in [5.41, 5.74) is 5.24. The van der Waals surface area contributed by atoms with Crippen LogP contribution in [-0.4, -0.2) is 23.4 Å². The number of nitrogens with two attached hydrogens (primary N) is 1. The maximum atomic E-state index is 12.4. The van der Waals surface area contributed by atoms with Gasteiger partial charge in [-0.25, -0.2) is 0 Å². The van der Waals surface area contributed by atoms with E-state index in [1.165, 1.54) is 0 Å². The number of aryl methyl sites for hydroxylation is 1. The third-order valence-electron chi connectivity index (χ3n) is 3.74. The molecule has 1 aliphatic heterocycles. The maximum absolute atomic E-state index is 12.4. The minimum absolute atomic E-state index is 0.144. The molecule has 1 atom stereocenters. The van der Waals surface area contributed by atoms with Gasteiger partial charge in [0.05, 0.1) is 5.69 Å². The van der Waals surface area contributed by atoms with Gasteiger partial charge in [-0.15, -0.1) is 0 Å². The normalized spacial score (nSPS) is 19.1. The van der Waals surface area contributed by atoms with Crippen LogP contribution in [0.1, 0.15) is 42.1 Å². The van der Waals surface area contributed by atoms with E-state index in [9.17, 15) is 4.79 Å². The fraction of sp³-hybridized carbons (Fsp3) is 0.500. The number of amides is 1. The number of nitrogens with one attached hydrogen (secondary N) is 1. The van der Waals surface area contributed by atoms with Crippen LogP contribution < -0.4 is 11.3 Å². The molecule has 0 spiro atoms. The number of carbonyl (C=O) groups is 1. The Hall–Kier alpha value is -1.55. The molecule has 3 N–H and O–H groups in total. The first-order valence-corrected chi connectivity index (χ1v) is 6.55. The van der Waals surface area contributed by atoms with E-state index >= 15 is 0 Å². The molecule has 1 heterocycles. The zero-order chi connectivity index (χ0) is 13.1. The van der Waals surface area contributed by atoms with Gasteiger partial charge in [-0.1, -0.05) is 6.92 Å². The monoisotopic (exact) mass is 247 g/mol. The van der Waals surface area contributed by atoms with Gasteiger partial charge in [-0.05, 0) is 49.9 Å². The van der Waals surface area contributed by atoms with Crippen molar-refractivity contribution in [1.29, 1.82) is 0 Å². The molecule has 18 heavy (non-hydrogen) atoms. The Labute approximate surface area is 108 Å². The molecule has 1 aromatic carbocycles. The van der Waals surface area contributed by atoms with E-state index in [1.807, 2.05) is 30.0 Å². The summed E-state index contributed by atoms with van der Waals surface area (Å²) < 4.78 is 0. The van der Waals surface area contributed by atoms with Crippen LogP contribution in [0.15, 0.2) is 18.2 Å². The second-order valence-corrected chi connectivity index (χ2v) is 4.88. The van der Waals surface area contributed by atoms with Gasteiger partial charge in [-0.3, -0.25) is 10.6 Å². The minimum Gasteiger partial charge on any atom is -0.336 e. The summed E-state index contributed by atoms with van der Waals surface area (Å²) in [6.07, 6.45) is 3.28. The van der Waals surface area contributed by atoms with Crippen LogP contribution >= 0.6 is 0 Å². The second-order valence-electron chi connectivity index (χ2n) is 4.88. The van der Waals surface area contributed by atoms with Crippen LogP contribution in [0.2, 0.25) is 0 Å². The molecule has 2 rings (SSSR count). The molecule has 1 aromatic rings. The van der Waals surface area contributed by atoms with Crippen molar-refractivity contribution in [2.24, 2.45) is 5.84 Å². The van der Waals surface area contributed by atoms with Gasteiger partial charge in [-0.2, -0.15) is 0 Å². The lowest BCUT2D eigenvalue weighted by molar-refractivity contribution is 0.0733. The van der Waals surface area contributed by atoms with Crippen LogP contribution in [0, 0.1) is 6.92 Å². The fourth-order valence-corrected chi connectivity index (χ4v) is 2.65. The molecule has 0 radical (unpaired) electrons. The fourth-order valence-electron chi connectivity index (χ4n) is 2.65. The van der Waals surface area contributed by atoms with Crippen molar-refractivity contribution in [2.45, 2.75) is 39.2 Å². The zero-order valence-corrected chi connectivity index (χ0v) is 11.1. The van der Waals surface area contributed by atoms with Crippen molar-refractivity contribution in [3.05, 3.63) is 29.3 Å². The highest BCUT2D eigenvalue weighted by atomic mass is 16.2. The minimum atomic E-state index is 0.144. The van der Waals surface area contributed by atoms with Gasteiger partial charge in [0.25, 0.3) is 5.91 Å². The first-order chi connectivity index (χ1) is 8.67. The Morgan fingerprint density at radius 2 is 2.33 bits per heavy atom. The average Bonchev–Trinajstić information content (AvgIpc) is 2.86. The summed E-state index contributed by atoms with van der Waals surface area (Å²) in [7, 11) is 0. The Balaban J connectivity index is 2.21. The van der Waals surface area contributed by atoms with Gasteiger partial charge in [0.1, 0.15) is 0 Å². The van der Waals surface area contributed by atoms with Gasteiger partial charge in [0, 0.05) is 18.2 Å².